The van der Waals surface area contributed by atoms with Gasteiger partial charge in [-0.3, -0.25) is 4.90 Å². The molecular weight excluding hydrogens is 476 g/mol. The standard InChI is InChI=1S/C30H34N6O2/c1-3-23(21-27(5-1)38-20-17-35-15-18-37-19-16-35)28-6-2-4-24-22-32-30(34-29(24)28)33-25-7-9-26(10-8-25)36-13-11-31-12-14-36/h1-10,21-22,31H,11-20H2,(H,32,33,34). The lowest BCUT2D eigenvalue weighted by Gasteiger charge is -2.29. The summed E-state index contributed by atoms with van der Waals surface area (Å²) in [6.07, 6.45) is 1.88. The van der Waals surface area contributed by atoms with Crippen LogP contribution in [0.15, 0.2) is 72.9 Å². The van der Waals surface area contributed by atoms with Gasteiger partial charge in [0.2, 0.25) is 5.95 Å². The Kier molecular flexibility index (Phi) is 7.62. The van der Waals surface area contributed by atoms with Gasteiger partial charge >= 0.3 is 0 Å². The molecule has 0 amide bonds. The van der Waals surface area contributed by atoms with Crippen molar-refractivity contribution in [3.63, 3.8) is 0 Å². The quantitative estimate of drug-likeness (QED) is 0.366. The zero-order chi connectivity index (χ0) is 25.6. The molecule has 8 nitrogen and oxygen atoms in total. The van der Waals surface area contributed by atoms with Gasteiger partial charge in [0.15, 0.2) is 0 Å². The van der Waals surface area contributed by atoms with Gasteiger partial charge in [0.1, 0.15) is 12.4 Å². The minimum absolute atomic E-state index is 0.581. The molecular formula is C30H34N6O2. The Morgan fingerprint density at radius 3 is 2.58 bits per heavy atom. The van der Waals surface area contributed by atoms with Crippen molar-refractivity contribution in [3.05, 3.63) is 72.9 Å². The summed E-state index contributed by atoms with van der Waals surface area (Å²) >= 11 is 0. The van der Waals surface area contributed by atoms with Crippen molar-refractivity contribution in [2.75, 3.05) is 75.9 Å². The van der Waals surface area contributed by atoms with E-state index in [0.717, 1.165) is 92.5 Å². The molecule has 2 aliphatic rings. The first-order chi connectivity index (χ1) is 18.8. The average molecular weight is 511 g/mol. The summed E-state index contributed by atoms with van der Waals surface area (Å²) in [6.45, 7) is 9.21. The van der Waals surface area contributed by atoms with Gasteiger partial charge in [-0.05, 0) is 42.0 Å². The number of aromatic nitrogens is 2. The lowest BCUT2D eigenvalue weighted by molar-refractivity contribution is 0.0322. The first-order valence-corrected chi connectivity index (χ1v) is 13.4. The van der Waals surface area contributed by atoms with E-state index in [1.54, 1.807) is 0 Å². The summed E-state index contributed by atoms with van der Waals surface area (Å²) in [5.41, 5.74) is 5.25. The van der Waals surface area contributed by atoms with Gasteiger partial charge in [0.05, 0.1) is 18.7 Å². The molecule has 0 bridgehead atoms. The van der Waals surface area contributed by atoms with Crippen molar-refractivity contribution in [3.8, 4) is 16.9 Å². The van der Waals surface area contributed by atoms with E-state index in [4.69, 9.17) is 14.5 Å². The van der Waals surface area contributed by atoms with Crippen LogP contribution >= 0.6 is 0 Å². The summed E-state index contributed by atoms with van der Waals surface area (Å²) in [4.78, 5) is 14.3. The molecule has 2 fully saturated rings. The van der Waals surface area contributed by atoms with Crippen LogP contribution in [0.25, 0.3) is 22.0 Å². The van der Waals surface area contributed by atoms with E-state index in [2.05, 4.69) is 73.9 Å². The third-order valence-corrected chi connectivity index (χ3v) is 7.14. The molecule has 1 aromatic heterocycles. The fraction of sp³-hybridized carbons (Fsp3) is 0.333. The van der Waals surface area contributed by atoms with Crippen LogP contribution < -0.4 is 20.3 Å². The van der Waals surface area contributed by atoms with Crippen molar-refractivity contribution < 1.29 is 9.47 Å². The van der Waals surface area contributed by atoms with E-state index in [0.29, 0.717) is 12.6 Å². The Bertz CT molecular complexity index is 1350. The van der Waals surface area contributed by atoms with Crippen molar-refractivity contribution in [1.29, 1.82) is 0 Å². The molecule has 3 aromatic carbocycles. The summed E-state index contributed by atoms with van der Waals surface area (Å²) in [7, 11) is 0. The van der Waals surface area contributed by atoms with E-state index in [1.807, 2.05) is 24.4 Å². The van der Waals surface area contributed by atoms with Crippen LogP contribution in [0.5, 0.6) is 5.75 Å². The van der Waals surface area contributed by atoms with E-state index >= 15 is 0 Å². The number of morpholine rings is 1. The fourth-order valence-electron chi connectivity index (χ4n) is 5.03. The Labute approximate surface area is 223 Å². The van der Waals surface area contributed by atoms with Crippen LogP contribution in [0.1, 0.15) is 0 Å². The lowest BCUT2D eigenvalue weighted by Crippen LogP contribution is -2.43. The van der Waals surface area contributed by atoms with Gasteiger partial charge in [-0.15, -0.1) is 0 Å². The number of benzene rings is 3. The van der Waals surface area contributed by atoms with Gasteiger partial charge in [-0.25, -0.2) is 9.97 Å². The number of fused-ring (bicyclic) bond motifs is 1. The van der Waals surface area contributed by atoms with E-state index in [9.17, 15) is 0 Å². The van der Waals surface area contributed by atoms with Crippen LogP contribution in [0.4, 0.5) is 17.3 Å². The number of rotatable bonds is 8. The maximum absolute atomic E-state index is 6.10. The average Bonchev–Trinajstić information content (AvgIpc) is 2.98. The smallest absolute Gasteiger partial charge is 0.227 e. The topological polar surface area (TPSA) is 74.8 Å². The van der Waals surface area contributed by atoms with Gasteiger partial charge in [0.25, 0.3) is 0 Å². The van der Waals surface area contributed by atoms with E-state index in [-0.39, 0.29) is 0 Å². The first-order valence-electron chi connectivity index (χ1n) is 13.4. The highest BCUT2D eigenvalue weighted by molar-refractivity contribution is 5.94. The molecule has 0 aliphatic carbocycles. The van der Waals surface area contributed by atoms with Gasteiger partial charge < -0.3 is 25.0 Å². The molecule has 2 saturated heterocycles. The van der Waals surface area contributed by atoms with Crippen LogP contribution in [0, 0.1) is 0 Å². The Hall–Kier alpha value is -3.72. The summed E-state index contributed by atoms with van der Waals surface area (Å²) in [5, 5.41) is 7.79. The van der Waals surface area contributed by atoms with Crippen LogP contribution in [-0.2, 0) is 4.74 Å². The molecule has 6 rings (SSSR count). The molecule has 0 unspecified atom stereocenters. The molecule has 0 radical (unpaired) electrons. The number of ether oxygens (including phenoxy) is 2. The molecule has 38 heavy (non-hydrogen) atoms. The third kappa shape index (κ3) is 5.88. The monoisotopic (exact) mass is 510 g/mol. The molecule has 2 aliphatic heterocycles. The summed E-state index contributed by atoms with van der Waals surface area (Å²) in [5.74, 6) is 1.45. The number of anilines is 3. The normalized spacial score (nSPS) is 16.5. The first kappa shape index (κ1) is 24.6. The number of piperazine rings is 1. The second kappa shape index (κ2) is 11.8. The largest absolute Gasteiger partial charge is 0.492 e. The number of hydrogen-bond donors (Lipinski definition) is 2. The predicted molar refractivity (Wildman–Crippen MR) is 153 cm³/mol. The van der Waals surface area contributed by atoms with Crippen LogP contribution in [-0.4, -0.2) is 80.5 Å². The SMILES string of the molecule is c1cc(OCCN2CCOCC2)cc(-c2cccc3cnc(Nc4ccc(N5CCNCC5)cc4)nc23)c1. The minimum atomic E-state index is 0.581. The molecule has 8 heteroatoms. The maximum Gasteiger partial charge on any atom is 0.227 e. The summed E-state index contributed by atoms with van der Waals surface area (Å²) in [6, 6.07) is 23.0. The molecule has 196 valence electrons. The number of hydrogen-bond acceptors (Lipinski definition) is 8. The zero-order valence-corrected chi connectivity index (χ0v) is 21.6. The van der Waals surface area contributed by atoms with Gasteiger partial charge in [0, 0.05) is 74.3 Å². The fourth-order valence-corrected chi connectivity index (χ4v) is 5.03. The molecule has 0 saturated carbocycles. The minimum Gasteiger partial charge on any atom is -0.492 e. The van der Waals surface area contributed by atoms with Gasteiger partial charge in [-0.2, -0.15) is 0 Å². The second-order valence-corrected chi connectivity index (χ2v) is 9.68. The Balaban J connectivity index is 1.17. The molecule has 0 spiro atoms. The zero-order valence-electron chi connectivity index (χ0n) is 21.6. The van der Waals surface area contributed by atoms with Gasteiger partial charge in [-0.1, -0.05) is 30.3 Å². The molecule has 4 aromatic rings. The van der Waals surface area contributed by atoms with E-state index in [1.165, 1.54) is 5.69 Å². The number of nitrogens with zero attached hydrogens (tertiary/aromatic N) is 4. The molecule has 3 heterocycles. The lowest BCUT2D eigenvalue weighted by atomic mass is 10.0. The molecule has 0 atom stereocenters. The van der Waals surface area contributed by atoms with Crippen molar-refractivity contribution in [1.82, 2.24) is 20.2 Å². The third-order valence-electron chi connectivity index (χ3n) is 7.14. The number of para-hydroxylation sites is 1. The Morgan fingerprint density at radius 1 is 0.921 bits per heavy atom. The summed E-state index contributed by atoms with van der Waals surface area (Å²) < 4.78 is 11.5. The second-order valence-electron chi connectivity index (χ2n) is 9.68. The van der Waals surface area contributed by atoms with Crippen molar-refractivity contribution in [2.45, 2.75) is 0 Å². The Morgan fingerprint density at radius 2 is 1.74 bits per heavy atom. The van der Waals surface area contributed by atoms with Crippen LogP contribution in [0.3, 0.4) is 0 Å². The van der Waals surface area contributed by atoms with Crippen molar-refractivity contribution >= 4 is 28.2 Å². The number of nitrogens with one attached hydrogen (secondary N) is 2. The highest BCUT2D eigenvalue weighted by atomic mass is 16.5. The van der Waals surface area contributed by atoms with Crippen LogP contribution in [0.2, 0.25) is 0 Å². The highest BCUT2D eigenvalue weighted by Crippen LogP contribution is 2.30. The van der Waals surface area contributed by atoms with E-state index < -0.39 is 0 Å². The predicted octanol–water partition coefficient (Wildman–Crippen LogP) is 4.16. The highest BCUT2D eigenvalue weighted by Gasteiger charge is 2.13. The van der Waals surface area contributed by atoms with Crippen molar-refractivity contribution in [2.24, 2.45) is 0 Å². The maximum atomic E-state index is 6.10. The molecule has 2 N–H and O–H groups in total.